The van der Waals surface area contributed by atoms with Crippen molar-refractivity contribution in [1.82, 2.24) is 0 Å². The van der Waals surface area contributed by atoms with Crippen molar-refractivity contribution in [2.45, 2.75) is 6.92 Å². The summed E-state index contributed by atoms with van der Waals surface area (Å²) in [6.45, 7) is 0.720. The fraction of sp³-hybridized carbons (Fsp3) is 0.150. The zero-order valence-electron chi connectivity index (χ0n) is 15.7. The van der Waals surface area contributed by atoms with Gasteiger partial charge in [0.15, 0.2) is 13.2 Å². The van der Waals surface area contributed by atoms with E-state index in [4.69, 9.17) is 13.9 Å². The minimum Gasteiger partial charge on any atom is -0.482 e. The molecule has 0 spiro atoms. The van der Waals surface area contributed by atoms with Crippen LogP contribution in [0.25, 0.3) is 11.0 Å². The highest BCUT2D eigenvalue weighted by Crippen LogP contribution is 2.22. The van der Waals surface area contributed by atoms with Gasteiger partial charge in [-0.3, -0.25) is 14.9 Å². The lowest BCUT2D eigenvalue weighted by molar-refractivity contribution is -0.384. The molecular weight excluding hydrogens is 396 g/mol. The third kappa shape index (κ3) is 5.19. The van der Waals surface area contributed by atoms with Gasteiger partial charge in [-0.05, 0) is 30.7 Å². The average Bonchev–Trinajstić information content (AvgIpc) is 2.70. The summed E-state index contributed by atoms with van der Waals surface area (Å²) in [7, 11) is 0. The van der Waals surface area contributed by atoms with E-state index in [1.54, 1.807) is 19.1 Å². The maximum atomic E-state index is 11.8. The lowest BCUT2D eigenvalue weighted by Gasteiger charge is -2.08. The standard InChI is InChI=1S/C20H16N2O8/c1-12-7-19(24)30-17-9-15(5-6-16(12)17)28-11-20(25)29-10-18(23)21-13-3-2-4-14(8-13)22(26)27/h2-9H,10-11H2,1H3,(H,21,23). The minimum absolute atomic E-state index is 0.181. The Labute approximate surface area is 169 Å². The highest BCUT2D eigenvalue weighted by Gasteiger charge is 2.12. The van der Waals surface area contributed by atoms with Crippen molar-refractivity contribution in [3.8, 4) is 5.75 Å². The van der Waals surface area contributed by atoms with Crippen LogP contribution in [0.4, 0.5) is 11.4 Å². The first-order valence-corrected chi connectivity index (χ1v) is 8.69. The molecule has 0 aliphatic carbocycles. The van der Waals surface area contributed by atoms with Crippen molar-refractivity contribution >= 4 is 34.2 Å². The molecule has 2 aromatic carbocycles. The fourth-order valence-corrected chi connectivity index (χ4v) is 2.62. The van der Waals surface area contributed by atoms with Gasteiger partial charge in [0, 0.05) is 35.3 Å². The summed E-state index contributed by atoms with van der Waals surface area (Å²) in [6, 6.07) is 11.5. The summed E-state index contributed by atoms with van der Waals surface area (Å²) in [5.74, 6) is -1.17. The molecular formula is C20H16N2O8. The number of fused-ring (bicyclic) bond motifs is 1. The topological polar surface area (TPSA) is 138 Å². The van der Waals surface area contributed by atoms with Gasteiger partial charge < -0.3 is 19.2 Å². The number of rotatable bonds is 7. The molecule has 1 amide bonds. The summed E-state index contributed by atoms with van der Waals surface area (Å²) in [6.07, 6.45) is 0. The van der Waals surface area contributed by atoms with Crippen LogP contribution >= 0.6 is 0 Å². The van der Waals surface area contributed by atoms with Crippen molar-refractivity contribution in [2.75, 3.05) is 18.5 Å². The number of nitrogens with one attached hydrogen (secondary N) is 1. The monoisotopic (exact) mass is 412 g/mol. The number of nitrogens with zero attached hydrogens (tertiary/aromatic N) is 1. The predicted octanol–water partition coefficient (Wildman–Crippen LogP) is 2.57. The van der Waals surface area contributed by atoms with E-state index in [2.05, 4.69) is 5.32 Å². The number of nitro benzene ring substituents is 1. The summed E-state index contributed by atoms with van der Waals surface area (Å²) >= 11 is 0. The lowest BCUT2D eigenvalue weighted by Crippen LogP contribution is -2.23. The SMILES string of the molecule is Cc1cc(=O)oc2cc(OCC(=O)OCC(=O)Nc3cccc([N+](=O)[O-])c3)ccc12. The molecule has 3 rings (SSSR count). The number of esters is 1. The summed E-state index contributed by atoms with van der Waals surface area (Å²) in [5.41, 5.74) is 0.601. The van der Waals surface area contributed by atoms with Gasteiger partial charge in [0.1, 0.15) is 11.3 Å². The number of nitro groups is 1. The molecule has 10 heteroatoms. The fourth-order valence-electron chi connectivity index (χ4n) is 2.62. The smallest absolute Gasteiger partial charge is 0.344 e. The van der Waals surface area contributed by atoms with Crippen LogP contribution in [0.5, 0.6) is 5.75 Å². The number of carbonyl (C=O) groups is 2. The van der Waals surface area contributed by atoms with Gasteiger partial charge in [0.2, 0.25) is 0 Å². The Morgan fingerprint density at radius 3 is 2.70 bits per heavy atom. The molecule has 3 aromatic rings. The van der Waals surface area contributed by atoms with Gasteiger partial charge in [-0.1, -0.05) is 6.07 Å². The van der Waals surface area contributed by atoms with Crippen molar-refractivity contribution in [3.63, 3.8) is 0 Å². The van der Waals surface area contributed by atoms with Gasteiger partial charge in [-0.15, -0.1) is 0 Å². The third-order valence-electron chi connectivity index (χ3n) is 3.98. The van der Waals surface area contributed by atoms with Crippen LogP contribution in [0, 0.1) is 17.0 Å². The van der Waals surface area contributed by atoms with E-state index in [-0.39, 0.29) is 17.1 Å². The number of amides is 1. The number of benzene rings is 2. The third-order valence-corrected chi connectivity index (χ3v) is 3.98. The van der Waals surface area contributed by atoms with Crippen molar-refractivity contribution < 1.29 is 28.4 Å². The molecule has 0 aliphatic rings. The van der Waals surface area contributed by atoms with E-state index in [9.17, 15) is 24.5 Å². The minimum atomic E-state index is -0.796. The Bertz CT molecular complexity index is 1180. The largest absolute Gasteiger partial charge is 0.482 e. The van der Waals surface area contributed by atoms with Crippen LogP contribution in [0.15, 0.2) is 57.7 Å². The van der Waals surface area contributed by atoms with E-state index in [1.807, 2.05) is 0 Å². The van der Waals surface area contributed by atoms with E-state index in [0.29, 0.717) is 5.58 Å². The van der Waals surface area contributed by atoms with Crippen LogP contribution in [0.3, 0.4) is 0 Å². The molecule has 0 bridgehead atoms. The first-order chi connectivity index (χ1) is 14.3. The Kier molecular flexibility index (Phi) is 6.06. The van der Waals surface area contributed by atoms with Crippen molar-refractivity contribution in [3.05, 3.63) is 74.6 Å². The Balaban J connectivity index is 1.50. The molecule has 1 N–H and O–H groups in total. The number of aryl methyl sites for hydroxylation is 1. The molecule has 0 unspecified atom stereocenters. The molecule has 0 atom stereocenters. The molecule has 1 heterocycles. The predicted molar refractivity (Wildman–Crippen MR) is 105 cm³/mol. The molecule has 154 valence electrons. The average molecular weight is 412 g/mol. The Morgan fingerprint density at radius 2 is 1.93 bits per heavy atom. The molecule has 30 heavy (non-hydrogen) atoms. The van der Waals surface area contributed by atoms with Crippen LogP contribution < -0.4 is 15.7 Å². The van der Waals surface area contributed by atoms with Gasteiger partial charge in [-0.25, -0.2) is 9.59 Å². The maximum absolute atomic E-state index is 11.8. The summed E-state index contributed by atoms with van der Waals surface area (Å²) in [5, 5.41) is 13.9. The van der Waals surface area contributed by atoms with Gasteiger partial charge in [0.25, 0.3) is 11.6 Å². The highest BCUT2D eigenvalue weighted by molar-refractivity contribution is 5.93. The molecule has 0 saturated heterocycles. The van der Waals surface area contributed by atoms with E-state index >= 15 is 0 Å². The second kappa shape index (κ2) is 8.86. The second-order valence-electron chi connectivity index (χ2n) is 6.21. The molecule has 0 aliphatic heterocycles. The number of hydrogen-bond acceptors (Lipinski definition) is 8. The number of non-ortho nitro benzene ring substituents is 1. The Hall–Kier alpha value is -4.21. The van der Waals surface area contributed by atoms with E-state index < -0.39 is 35.6 Å². The Morgan fingerprint density at radius 1 is 1.13 bits per heavy atom. The lowest BCUT2D eigenvalue weighted by atomic mass is 10.1. The first kappa shape index (κ1) is 20.5. The van der Waals surface area contributed by atoms with E-state index in [0.717, 1.165) is 10.9 Å². The molecule has 0 fully saturated rings. The zero-order chi connectivity index (χ0) is 21.7. The maximum Gasteiger partial charge on any atom is 0.344 e. The molecule has 10 nitrogen and oxygen atoms in total. The van der Waals surface area contributed by atoms with Crippen LogP contribution in [0.1, 0.15) is 5.56 Å². The normalized spacial score (nSPS) is 10.4. The zero-order valence-corrected chi connectivity index (χ0v) is 15.7. The highest BCUT2D eigenvalue weighted by atomic mass is 16.6. The van der Waals surface area contributed by atoms with Crippen molar-refractivity contribution in [1.29, 1.82) is 0 Å². The number of anilines is 1. The summed E-state index contributed by atoms with van der Waals surface area (Å²) in [4.78, 5) is 45.2. The van der Waals surface area contributed by atoms with Gasteiger partial charge >= 0.3 is 11.6 Å². The molecule has 1 aromatic heterocycles. The quantitative estimate of drug-likeness (QED) is 0.270. The molecule has 0 radical (unpaired) electrons. The number of ether oxygens (including phenoxy) is 2. The number of hydrogen-bond donors (Lipinski definition) is 1. The van der Waals surface area contributed by atoms with Crippen LogP contribution in [0.2, 0.25) is 0 Å². The van der Waals surface area contributed by atoms with Gasteiger partial charge in [-0.2, -0.15) is 0 Å². The summed E-state index contributed by atoms with van der Waals surface area (Å²) < 4.78 is 15.2. The van der Waals surface area contributed by atoms with E-state index in [1.165, 1.54) is 36.4 Å². The van der Waals surface area contributed by atoms with Crippen LogP contribution in [-0.4, -0.2) is 30.0 Å². The second-order valence-corrected chi connectivity index (χ2v) is 6.21. The van der Waals surface area contributed by atoms with Gasteiger partial charge in [0.05, 0.1) is 4.92 Å². The first-order valence-electron chi connectivity index (χ1n) is 8.69. The van der Waals surface area contributed by atoms with Crippen LogP contribution in [-0.2, 0) is 14.3 Å². The molecule has 0 saturated carbocycles. The number of carbonyl (C=O) groups excluding carboxylic acids is 2. The van der Waals surface area contributed by atoms with Crippen molar-refractivity contribution in [2.24, 2.45) is 0 Å².